The van der Waals surface area contributed by atoms with E-state index in [-0.39, 0.29) is 0 Å². The molecule has 2 heterocycles. The highest BCUT2D eigenvalue weighted by Gasteiger charge is 2.03. The van der Waals surface area contributed by atoms with Crippen LogP contribution in [0.2, 0.25) is 0 Å². The van der Waals surface area contributed by atoms with Gasteiger partial charge in [0.25, 0.3) is 6.01 Å². The molecule has 0 amide bonds. The minimum atomic E-state index is 0.585. The van der Waals surface area contributed by atoms with Crippen molar-refractivity contribution in [3.8, 4) is 0 Å². The molecular formula is C13H14N4O. The maximum absolute atomic E-state index is 5.56. The van der Waals surface area contributed by atoms with Crippen LogP contribution in [0.4, 0.5) is 6.01 Å². The molecule has 3 aromatic rings. The zero-order chi connectivity index (χ0) is 12.2. The maximum atomic E-state index is 5.56. The van der Waals surface area contributed by atoms with Gasteiger partial charge in [-0.15, -0.1) is 0 Å². The van der Waals surface area contributed by atoms with Crippen molar-refractivity contribution in [3.63, 3.8) is 0 Å². The summed E-state index contributed by atoms with van der Waals surface area (Å²) in [5.41, 5.74) is 1.70. The average Bonchev–Trinajstić information content (AvgIpc) is 3.03. The van der Waals surface area contributed by atoms with Gasteiger partial charge in [-0.1, -0.05) is 12.1 Å². The lowest BCUT2D eigenvalue weighted by molar-refractivity contribution is 0.601. The standard InChI is InChI=1S/C13H14N4O/c1-2-5-12-11(4-1)16-13(18-12)15-6-3-8-17-9-7-14-10-17/h1-2,4-5,7,9-10H,3,6,8H2,(H,15,16). The number of oxazole rings is 1. The topological polar surface area (TPSA) is 55.9 Å². The first-order chi connectivity index (χ1) is 8.92. The number of para-hydroxylation sites is 2. The summed E-state index contributed by atoms with van der Waals surface area (Å²) in [5.74, 6) is 0. The van der Waals surface area contributed by atoms with Gasteiger partial charge < -0.3 is 14.3 Å². The summed E-state index contributed by atoms with van der Waals surface area (Å²) in [6, 6.07) is 8.33. The third-order valence-corrected chi connectivity index (χ3v) is 2.72. The normalized spacial score (nSPS) is 10.9. The van der Waals surface area contributed by atoms with Crippen LogP contribution < -0.4 is 5.32 Å². The number of fused-ring (bicyclic) bond motifs is 1. The Hall–Kier alpha value is -2.30. The Morgan fingerprint density at radius 1 is 1.28 bits per heavy atom. The Balaban J connectivity index is 1.53. The van der Waals surface area contributed by atoms with Crippen molar-refractivity contribution in [1.82, 2.24) is 14.5 Å². The summed E-state index contributed by atoms with van der Waals surface area (Å²) < 4.78 is 7.61. The fraction of sp³-hybridized carbons (Fsp3) is 0.231. The van der Waals surface area contributed by atoms with Gasteiger partial charge in [-0.05, 0) is 18.6 Å². The van der Waals surface area contributed by atoms with Crippen LogP contribution in [0.15, 0.2) is 47.4 Å². The van der Waals surface area contributed by atoms with Crippen LogP contribution in [-0.2, 0) is 6.54 Å². The zero-order valence-electron chi connectivity index (χ0n) is 9.91. The first-order valence-corrected chi connectivity index (χ1v) is 5.97. The number of aromatic nitrogens is 3. The van der Waals surface area contributed by atoms with Gasteiger partial charge in [0.05, 0.1) is 6.33 Å². The monoisotopic (exact) mass is 242 g/mol. The van der Waals surface area contributed by atoms with Crippen LogP contribution in [-0.4, -0.2) is 21.1 Å². The molecule has 0 aliphatic rings. The Labute approximate surface area is 104 Å². The first kappa shape index (κ1) is 10.8. The minimum absolute atomic E-state index is 0.585. The number of aryl methyl sites for hydroxylation is 1. The predicted molar refractivity (Wildman–Crippen MR) is 69.3 cm³/mol. The lowest BCUT2D eigenvalue weighted by atomic mass is 10.3. The van der Waals surface area contributed by atoms with Gasteiger partial charge in [-0.2, -0.15) is 4.98 Å². The molecule has 0 fully saturated rings. The first-order valence-electron chi connectivity index (χ1n) is 5.97. The van der Waals surface area contributed by atoms with Crippen molar-refractivity contribution in [2.75, 3.05) is 11.9 Å². The van der Waals surface area contributed by atoms with Crippen LogP contribution in [0.5, 0.6) is 0 Å². The van der Waals surface area contributed by atoms with Crippen LogP contribution in [0.3, 0.4) is 0 Å². The molecule has 0 spiro atoms. The SMILES string of the molecule is c1ccc2oc(NCCCn3ccnc3)nc2c1. The van der Waals surface area contributed by atoms with E-state index >= 15 is 0 Å². The Morgan fingerprint density at radius 2 is 2.22 bits per heavy atom. The van der Waals surface area contributed by atoms with E-state index < -0.39 is 0 Å². The summed E-state index contributed by atoms with van der Waals surface area (Å²) >= 11 is 0. The summed E-state index contributed by atoms with van der Waals surface area (Å²) in [4.78, 5) is 8.35. The highest BCUT2D eigenvalue weighted by molar-refractivity contribution is 5.74. The van der Waals surface area contributed by atoms with Crippen molar-refractivity contribution >= 4 is 17.1 Å². The van der Waals surface area contributed by atoms with Crippen molar-refractivity contribution < 1.29 is 4.42 Å². The smallest absolute Gasteiger partial charge is 0.295 e. The second kappa shape index (κ2) is 4.91. The maximum Gasteiger partial charge on any atom is 0.295 e. The van der Waals surface area contributed by atoms with E-state index in [0.717, 1.165) is 30.6 Å². The molecule has 0 aliphatic heterocycles. The molecule has 2 aromatic heterocycles. The van der Waals surface area contributed by atoms with Gasteiger partial charge in [0.1, 0.15) is 5.52 Å². The number of rotatable bonds is 5. The number of nitrogens with zero attached hydrogens (tertiary/aromatic N) is 3. The zero-order valence-corrected chi connectivity index (χ0v) is 9.91. The molecule has 0 radical (unpaired) electrons. The number of benzene rings is 1. The summed E-state index contributed by atoms with van der Waals surface area (Å²) in [7, 11) is 0. The second-order valence-electron chi connectivity index (χ2n) is 4.07. The predicted octanol–water partition coefficient (Wildman–Crippen LogP) is 2.53. The number of imidazole rings is 1. The van der Waals surface area contributed by atoms with Crippen LogP contribution in [0.25, 0.3) is 11.1 Å². The molecule has 0 aliphatic carbocycles. The summed E-state index contributed by atoms with van der Waals surface area (Å²) in [6.45, 7) is 1.76. The highest BCUT2D eigenvalue weighted by Crippen LogP contribution is 2.17. The van der Waals surface area contributed by atoms with Gasteiger partial charge in [0.2, 0.25) is 0 Å². The van der Waals surface area contributed by atoms with E-state index in [1.807, 2.05) is 41.4 Å². The molecule has 0 atom stereocenters. The van der Waals surface area contributed by atoms with Crippen molar-refractivity contribution in [1.29, 1.82) is 0 Å². The van der Waals surface area contributed by atoms with Crippen LogP contribution >= 0.6 is 0 Å². The molecule has 0 bridgehead atoms. The van der Waals surface area contributed by atoms with Crippen molar-refractivity contribution in [3.05, 3.63) is 43.0 Å². The molecule has 18 heavy (non-hydrogen) atoms. The van der Waals surface area contributed by atoms with Crippen LogP contribution in [0, 0.1) is 0 Å². The number of nitrogens with one attached hydrogen (secondary N) is 1. The summed E-state index contributed by atoms with van der Waals surface area (Å²) in [5, 5.41) is 3.18. The molecule has 0 saturated heterocycles. The molecule has 1 aromatic carbocycles. The molecular weight excluding hydrogens is 228 g/mol. The van der Waals surface area contributed by atoms with Crippen molar-refractivity contribution in [2.45, 2.75) is 13.0 Å². The van der Waals surface area contributed by atoms with Gasteiger partial charge in [0, 0.05) is 25.5 Å². The number of anilines is 1. The third kappa shape index (κ3) is 2.34. The quantitative estimate of drug-likeness (QED) is 0.698. The molecule has 92 valence electrons. The van der Waals surface area contributed by atoms with E-state index in [1.54, 1.807) is 6.20 Å². The van der Waals surface area contributed by atoms with E-state index in [2.05, 4.69) is 15.3 Å². The van der Waals surface area contributed by atoms with E-state index in [9.17, 15) is 0 Å². The van der Waals surface area contributed by atoms with Gasteiger partial charge in [-0.25, -0.2) is 4.98 Å². The van der Waals surface area contributed by atoms with E-state index in [1.165, 1.54) is 0 Å². The molecule has 0 unspecified atom stereocenters. The Kier molecular flexibility index (Phi) is 2.96. The fourth-order valence-corrected chi connectivity index (χ4v) is 1.82. The average molecular weight is 242 g/mol. The molecule has 3 rings (SSSR count). The van der Waals surface area contributed by atoms with Crippen LogP contribution in [0.1, 0.15) is 6.42 Å². The highest BCUT2D eigenvalue weighted by atomic mass is 16.4. The Bertz CT molecular complexity index is 582. The largest absolute Gasteiger partial charge is 0.424 e. The number of hydrogen-bond acceptors (Lipinski definition) is 4. The molecule has 0 saturated carbocycles. The Morgan fingerprint density at radius 3 is 3.06 bits per heavy atom. The molecule has 1 N–H and O–H groups in total. The van der Waals surface area contributed by atoms with E-state index in [4.69, 9.17) is 4.42 Å². The van der Waals surface area contributed by atoms with Crippen molar-refractivity contribution in [2.24, 2.45) is 0 Å². The number of hydrogen-bond donors (Lipinski definition) is 1. The van der Waals surface area contributed by atoms with Gasteiger partial charge in [-0.3, -0.25) is 0 Å². The lowest BCUT2D eigenvalue weighted by Crippen LogP contribution is -2.05. The molecule has 5 heteroatoms. The van der Waals surface area contributed by atoms with Gasteiger partial charge in [0.15, 0.2) is 5.58 Å². The summed E-state index contributed by atoms with van der Waals surface area (Å²) in [6.07, 6.45) is 6.56. The van der Waals surface area contributed by atoms with Gasteiger partial charge >= 0.3 is 0 Å². The molecule has 5 nitrogen and oxygen atoms in total. The second-order valence-corrected chi connectivity index (χ2v) is 4.07. The lowest BCUT2D eigenvalue weighted by Gasteiger charge is -2.02. The van der Waals surface area contributed by atoms with E-state index in [0.29, 0.717) is 6.01 Å². The third-order valence-electron chi connectivity index (χ3n) is 2.72. The fourth-order valence-electron chi connectivity index (χ4n) is 1.82. The minimum Gasteiger partial charge on any atom is -0.424 e.